The molecule has 39 heavy (non-hydrogen) atoms. The number of likely N-dealkylation sites (N-methyl/N-ethyl adjacent to an activating group) is 1. The topological polar surface area (TPSA) is 99.4 Å². The molecular formula is C29H35ClFN7O. The number of hydrogen-bond donors (Lipinski definition) is 3. The molecule has 8 nitrogen and oxygen atoms in total. The smallest absolute Gasteiger partial charge is 0.227 e. The van der Waals surface area contributed by atoms with E-state index in [1.807, 2.05) is 24.3 Å². The van der Waals surface area contributed by atoms with Gasteiger partial charge in [-0.3, -0.25) is 4.79 Å². The predicted octanol–water partition coefficient (Wildman–Crippen LogP) is 5.92. The van der Waals surface area contributed by atoms with Gasteiger partial charge in [-0.15, -0.1) is 0 Å². The van der Waals surface area contributed by atoms with Crippen LogP contribution in [-0.4, -0.2) is 53.5 Å². The molecule has 1 unspecified atom stereocenters. The number of halogens is 2. The molecule has 2 fully saturated rings. The van der Waals surface area contributed by atoms with E-state index in [9.17, 15) is 4.79 Å². The number of carbonyl (C=O) groups is 1. The van der Waals surface area contributed by atoms with Crippen molar-refractivity contribution >= 4 is 46.1 Å². The fraction of sp³-hybridized carbons (Fsp3) is 0.414. The molecule has 0 bridgehead atoms. The van der Waals surface area contributed by atoms with Crippen molar-refractivity contribution in [1.82, 2.24) is 14.9 Å². The van der Waals surface area contributed by atoms with E-state index in [1.165, 1.54) is 12.7 Å². The summed E-state index contributed by atoms with van der Waals surface area (Å²) in [5, 5.41) is 6.45. The zero-order valence-corrected chi connectivity index (χ0v) is 23.1. The number of benzene rings is 2. The van der Waals surface area contributed by atoms with E-state index in [4.69, 9.17) is 17.3 Å². The Balaban J connectivity index is 1.45. The van der Waals surface area contributed by atoms with Gasteiger partial charge in [0.05, 0.1) is 11.4 Å². The van der Waals surface area contributed by atoms with Gasteiger partial charge >= 0.3 is 0 Å². The Bertz CT molecular complexity index is 1330. The number of nitrogens with one attached hydrogen (secondary N) is 2. The maximum Gasteiger partial charge on any atom is 0.227 e. The molecule has 4 N–H and O–H groups in total. The summed E-state index contributed by atoms with van der Waals surface area (Å²) in [5.41, 5.74) is 9.58. The van der Waals surface area contributed by atoms with Crippen molar-refractivity contribution in [2.45, 2.75) is 45.1 Å². The average Bonchev–Trinajstić information content (AvgIpc) is 2.94. The third-order valence-electron chi connectivity index (χ3n) is 7.91. The molecule has 1 saturated carbocycles. The Morgan fingerprint density at radius 1 is 1.10 bits per heavy atom. The van der Waals surface area contributed by atoms with Gasteiger partial charge in [-0.05, 0) is 56.6 Å². The lowest BCUT2D eigenvalue weighted by Gasteiger charge is -2.39. The van der Waals surface area contributed by atoms with Gasteiger partial charge in [-0.25, -0.2) is 14.4 Å². The largest absolute Gasteiger partial charge is 0.393 e. The Labute approximate surface area is 233 Å². The lowest BCUT2D eigenvalue weighted by Crippen LogP contribution is -2.50. The number of nitrogen functional groups attached to an aromatic ring is 1. The van der Waals surface area contributed by atoms with E-state index in [2.05, 4.69) is 44.4 Å². The molecular weight excluding hydrogens is 517 g/mol. The van der Waals surface area contributed by atoms with E-state index >= 15 is 4.39 Å². The normalized spacial score (nSPS) is 18.7. The van der Waals surface area contributed by atoms with E-state index in [0.717, 1.165) is 51.0 Å². The van der Waals surface area contributed by atoms with Crippen LogP contribution < -0.4 is 21.3 Å². The van der Waals surface area contributed by atoms with Gasteiger partial charge < -0.3 is 26.2 Å². The van der Waals surface area contributed by atoms with Gasteiger partial charge in [0.1, 0.15) is 17.8 Å². The highest BCUT2D eigenvalue weighted by Crippen LogP contribution is 2.38. The highest BCUT2D eigenvalue weighted by Gasteiger charge is 2.25. The standard InChI is InChI=1S/C29H35ClFN7O/c1-18-16-38(13-12-37(18)2)25-15-23(31)22(14-24(25)36-28-26(32)27(30)33-17-34-28)19-8-10-21(11-9-19)35-29(39)20-6-4-3-5-7-20/h8-11,14-15,17-18,20H,3-7,12-13,16,32H2,1-2H3,(H,35,39)(H,33,34,36). The average molecular weight is 552 g/mol. The van der Waals surface area contributed by atoms with Gasteiger partial charge in [0.25, 0.3) is 0 Å². The molecule has 1 saturated heterocycles. The van der Waals surface area contributed by atoms with Crippen LogP contribution in [0, 0.1) is 11.7 Å². The second kappa shape index (κ2) is 11.8. The molecule has 3 aromatic rings. The first kappa shape index (κ1) is 27.1. The van der Waals surface area contributed by atoms with E-state index in [-0.39, 0.29) is 28.5 Å². The molecule has 206 valence electrons. The molecule has 2 aromatic carbocycles. The van der Waals surface area contributed by atoms with Crippen LogP contribution in [0.15, 0.2) is 42.7 Å². The zero-order valence-electron chi connectivity index (χ0n) is 22.4. The number of anilines is 5. The molecule has 0 spiro atoms. The summed E-state index contributed by atoms with van der Waals surface area (Å²) in [4.78, 5) is 25.3. The van der Waals surface area contributed by atoms with Crippen molar-refractivity contribution in [3.63, 3.8) is 0 Å². The van der Waals surface area contributed by atoms with E-state index in [1.54, 1.807) is 12.1 Å². The van der Waals surface area contributed by atoms with Gasteiger partial charge in [-0.2, -0.15) is 0 Å². The number of piperazine rings is 1. The molecule has 1 amide bonds. The van der Waals surface area contributed by atoms with Crippen molar-refractivity contribution in [3.05, 3.63) is 53.7 Å². The highest BCUT2D eigenvalue weighted by atomic mass is 35.5. The predicted molar refractivity (Wildman–Crippen MR) is 156 cm³/mol. The molecule has 1 aliphatic heterocycles. The second-order valence-electron chi connectivity index (χ2n) is 10.6. The molecule has 2 heterocycles. The Kier molecular flexibility index (Phi) is 8.18. The minimum absolute atomic E-state index is 0.0620. The summed E-state index contributed by atoms with van der Waals surface area (Å²) in [6.45, 7) is 4.52. The summed E-state index contributed by atoms with van der Waals surface area (Å²) < 4.78 is 15.7. The van der Waals surface area contributed by atoms with Crippen molar-refractivity contribution in [3.8, 4) is 11.1 Å². The SMILES string of the molecule is CC1CN(c2cc(F)c(-c3ccc(NC(=O)C4CCCCC4)cc3)cc2Nc2ncnc(Cl)c2N)CCN1C. The summed E-state index contributed by atoms with van der Waals surface area (Å²) in [6, 6.07) is 10.9. The van der Waals surface area contributed by atoms with Gasteiger partial charge in [0.15, 0.2) is 11.0 Å². The van der Waals surface area contributed by atoms with Gasteiger partial charge in [0.2, 0.25) is 5.91 Å². The number of carbonyl (C=O) groups excluding carboxylic acids is 1. The lowest BCUT2D eigenvalue weighted by molar-refractivity contribution is -0.120. The fourth-order valence-corrected chi connectivity index (χ4v) is 5.49. The number of nitrogens with zero attached hydrogens (tertiary/aromatic N) is 4. The molecule has 5 rings (SSSR count). The van der Waals surface area contributed by atoms with Crippen LogP contribution in [0.25, 0.3) is 11.1 Å². The third kappa shape index (κ3) is 6.09. The van der Waals surface area contributed by atoms with Crippen LogP contribution in [0.3, 0.4) is 0 Å². The van der Waals surface area contributed by atoms with Crippen molar-refractivity contribution < 1.29 is 9.18 Å². The molecule has 2 aliphatic rings. The number of amides is 1. The van der Waals surface area contributed by atoms with Gasteiger partial charge in [0, 0.05) is 42.8 Å². The Hall–Kier alpha value is -3.43. The van der Waals surface area contributed by atoms with Crippen molar-refractivity contribution in [2.75, 3.05) is 47.9 Å². The van der Waals surface area contributed by atoms with Crippen LogP contribution in [0.4, 0.5) is 33.0 Å². The molecule has 1 aliphatic carbocycles. The molecule has 0 radical (unpaired) electrons. The molecule has 1 aromatic heterocycles. The minimum atomic E-state index is -0.338. The Morgan fingerprint density at radius 2 is 1.85 bits per heavy atom. The molecule has 1 atom stereocenters. The maximum atomic E-state index is 15.7. The quantitative estimate of drug-likeness (QED) is 0.327. The van der Waals surface area contributed by atoms with E-state index in [0.29, 0.717) is 34.4 Å². The number of nitrogens with two attached hydrogens (primary N) is 1. The van der Waals surface area contributed by atoms with Crippen LogP contribution in [0.2, 0.25) is 5.15 Å². The number of rotatable bonds is 6. The van der Waals surface area contributed by atoms with Crippen LogP contribution >= 0.6 is 11.6 Å². The second-order valence-corrected chi connectivity index (χ2v) is 10.9. The number of aromatic nitrogens is 2. The first-order valence-corrected chi connectivity index (χ1v) is 13.9. The summed E-state index contributed by atoms with van der Waals surface area (Å²) in [7, 11) is 2.09. The van der Waals surface area contributed by atoms with Crippen molar-refractivity contribution in [1.29, 1.82) is 0 Å². The van der Waals surface area contributed by atoms with Gasteiger partial charge in [-0.1, -0.05) is 43.0 Å². The summed E-state index contributed by atoms with van der Waals surface area (Å²) in [6.07, 6.45) is 6.61. The molecule has 10 heteroatoms. The van der Waals surface area contributed by atoms with Crippen LogP contribution in [0.1, 0.15) is 39.0 Å². The van der Waals surface area contributed by atoms with E-state index < -0.39 is 0 Å². The number of hydrogen-bond acceptors (Lipinski definition) is 7. The fourth-order valence-electron chi connectivity index (χ4n) is 5.36. The summed E-state index contributed by atoms with van der Waals surface area (Å²) >= 11 is 6.13. The van der Waals surface area contributed by atoms with Crippen LogP contribution in [0.5, 0.6) is 0 Å². The summed E-state index contributed by atoms with van der Waals surface area (Å²) in [5.74, 6) is 0.149. The monoisotopic (exact) mass is 551 g/mol. The highest BCUT2D eigenvalue weighted by molar-refractivity contribution is 6.32. The van der Waals surface area contributed by atoms with Crippen LogP contribution in [-0.2, 0) is 4.79 Å². The zero-order chi connectivity index (χ0) is 27.5. The first-order chi connectivity index (χ1) is 18.8. The maximum absolute atomic E-state index is 15.7. The third-order valence-corrected chi connectivity index (χ3v) is 8.21. The minimum Gasteiger partial charge on any atom is -0.393 e. The lowest BCUT2D eigenvalue weighted by atomic mass is 9.88. The Morgan fingerprint density at radius 3 is 2.56 bits per heavy atom. The van der Waals surface area contributed by atoms with Crippen molar-refractivity contribution in [2.24, 2.45) is 5.92 Å². The first-order valence-electron chi connectivity index (χ1n) is 13.5.